The van der Waals surface area contributed by atoms with E-state index in [1.165, 1.54) is 38.6 Å². The zero-order chi connectivity index (χ0) is 12.0. The molecule has 0 aromatic heterocycles. The Balaban J connectivity index is 2.36. The van der Waals surface area contributed by atoms with Gasteiger partial charge in [0.25, 0.3) is 0 Å². The van der Waals surface area contributed by atoms with Gasteiger partial charge in [-0.25, -0.2) is 0 Å². The standard InChI is InChI=1S/C14H30N2/c1-5-15-14(12(2)3)11-16(4)13-9-7-6-8-10-13/h12-15H,5-11H2,1-4H3. The lowest BCUT2D eigenvalue weighted by Crippen LogP contribution is -2.46. The number of hydrogen-bond acceptors (Lipinski definition) is 2. The van der Waals surface area contributed by atoms with E-state index in [1.54, 1.807) is 0 Å². The first-order valence-electron chi connectivity index (χ1n) is 7.08. The van der Waals surface area contributed by atoms with E-state index in [-0.39, 0.29) is 0 Å². The second-order valence-electron chi connectivity index (χ2n) is 5.64. The number of nitrogens with zero attached hydrogens (tertiary/aromatic N) is 1. The molecule has 0 spiro atoms. The topological polar surface area (TPSA) is 15.3 Å². The summed E-state index contributed by atoms with van der Waals surface area (Å²) < 4.78 is 0. The Labute approximate surface area is 102 Å². The van der Waals surface area contributed by atoms with Gasteiger partial charge in [-0.05, 0) is 32.4 Å². The molecule has 1 atom stereocenters. The Morgan fingerprint density at radius 1 is 1.19 bits per heavy atom. The summed E-state index contributed by atoms with van der Waals surface area (Å²) in [5.41, 5.74) is 0. The molecule has 2 nitrogen and oxygen atoms in total. The molecule has 0 aromatic carbocycles. The van der Waals surface area contributed by atoms with Crippen LogP contribution < -0.4 is 5.32 Å². The third-order valence-electron chi connectivity index (χ3n) is 3.95. The first-order chi connectivity index (χ1) is 7.65. The fraction of sp³-hybridized carbons (Fsp3) is 1.00. The summed E-state index contributed by atoms with van der Waals surface area (Å²) in [7, 11) is 2.31. The lowest BCUT2D eigenvalue weighted by molar-refractivity contribution is 0.162. The maximum atomic E-state index is 3.61. The second kappa shape index (κ2) is 7.29. The Hall–Kier alpha value is -0.0800. The van der Waals surface area contributed by atoms with Crippen molar-refractivity contribution in [1.82, 2.24) is 10.2 Å². The summed E-state index contributed by atoms with van der Waals surface area (Å²) in [6, 6.07) is 1.49. The van der Waals surface area contributed by atoms with Gasteiger partial charge < -0.3 is 10.2 Å². The maximum Gasteiger partial charge on any atom is 0.0217 e. The van der Waals surface area contributed by atoms with Crippen LogP contribution in [0.15, 0.2) is 0 Å². The highest BCUT2D eigenvalue weighted by molar-refractivity contribution is 4.79. The molecule has 1 unspecified atom stereocenters. The molecule has 16 heavy (non-hydrogen) atoms. The normalized spacial score (nSPS) is 20.6. The third-order valence-corrected chi connectivity index (χ3v) is 3.95. The average molecular weight is 226 g/mol. The molecular weight excluding hydrogens is 196 g/mol. The van der Waals surface area contributed by atoms with Gasteiger partial charge in [-0.3, -0.25) is 0 Å². The molecule has 1 saturated carbocycles. The monoisotopic (exact) mass is 226 g/mol. The molecular formula is C14H30N2. The van der Waals surface area contributed by atoms with Crippen LogP contribution >= 0.6 is 0 Å². The molecule has 0 aromatic rings. The summed E-state index contributed by atoms with van der Waals surface area (Å²) in [5.74, 6) is 0.728. The summed E-state index contributed by atoms with van der Waals surface area (Å²) in [5, 5.41) is 3.61. The quantitative estimate of drug-likeness (QED) is 0.749. The van der Waals surface area contributed by atoms with E-state index in [1.807, 2.05) is 0 Å². The molecule has 0 aliphatic heterocycles. The Bertz CT molecular complexity index is 174. The molecule has 1 aliphatic rings. The Morgan fingerprint density at radius 3 is 2.31 bits per heavy atom. The highest BCUT2D eigenvalue weighted by Gasteiger charge is 2.21. The van der Waals surface area contributed by atoms with Crippen LogP contribution in [0.4, 0.5) is 0 Å². The van der Waals surface area contributed by atoms with Crippen LogP contribution in [0, 0.1) is 5.92 Å². The van der Waals surface area contributed by atoms with E-state index < -0.39 is 0 Å². The van der Waals surface area contributed by atoms with E-state index >= 15 is 0 Å². The number of hydrogen-bond donors (Lipinski definition) is 1. The minimum atomic E-state index is 0.650. The number of rotatable bonds is 6. The van der Waals surface area contributed by atoms with E-state index in [9.17, 15) is 0 Å². The van der Waals surface area contributed by atoms with Crippen molar-refractivity contribution in [2.45, 2.75) is 65.0 Å². The third kappa shape index (κ3) is 4.42. The van der Waals surface area contributed by atoms with Gasteiger partial charge in [-0.2, -0.15) is 0 Å². The minimum Gasteiger partial charge on any atom is -0.313 e. The smallest absolute Gasteiger partial charge is 0.0217 e. The fourth-order valence-electron chi connectivity index (χ4n) is 2.75. The first-order valence-corrected chi connectivity index (χ1v) is 7.08. The van der Waals surface area contributed by atoms with Gasteiger partial charge in [0, 0.05) is 18.6 Å². The zero-order valence-corrected chi connectivity index (χ0v) is 11.6. The number of likely N-dealkylation sites (N-methyl/N-ethyl adjacent to an activating group) is 2. The molecule has 0 radical (unpaired) electrons. The lowest BCUT2D eigenvalue weighted by atomic mass is 9.93. The summed E-state index contributed by atoms with van der Waals surface area (Å²) in [6.07, 6.45) is 7.14. The average Bonchev–Trinajstić information content (AvgIpc) is 2.29. The molecule has 0 saturated heterocycles. The fourth-order valence-corrected chi connectivity index (χ4v) is 2.75. The van der Waals surface area contributed by atoms with Gasteiger partial charge in [0.1, 0.15) is 0 Å². The molecule has 96 valence electrons. The van der Waals surface area contributed by atoms with E-state index in [4.69, 9.17) is 0 Å². The molecule has 1 fully saturated rings. The van der Waals surface area contributed by atoms with E-state index in [0.717, 1.165) is 18.5 Å². The molecule has 0 bridgehead atoms. The summed E-state index contributed by atoms with van der Waals surface area (Å²) >= 11 is 0. The summed E-state index contributed by atoms with van der Waals surface area (Å²) in [4.78, 5) is 2.59. The van der Waals surface area contributed by atoms with Gasteiger partial charge in [0.2, 0.25) is 0 Å². The van der Waals surface area contributed by atoms with Gasteiger partial charge >= 0.3 is 0 Å². The van der Waals surface area contributed by atoms with Gasteiger partial charge in [0.05, 0.1) is 0 Å². The van der Waals surface area contributed by atoms with Crippen LogP contribution in [0.3, 0.4) is 0 Å². The summed E-state index contributed by atoms with van der Waals surface area (Å²) in [6.45, 7) is 9.14. The highest BCUT2D eigenvalue weighted by atomic mass is 15.2. The van der Waals surface area contributed by atoms with Gasteiger partial charge in [-0.1, -0.05) is 40.0 Å². The second-order valence-corrected chi connectivity index (χ2v) is 5.64. The molecule has 0 heterocycles. The largest absolute Gasteiger partial charge is 0.313 e. The maximum absolute atomic E-state index is 3.61. The van der Waals surface area contributed by atoms with Crippen LogP contribution in [0.2, 0.25) is 0 Å². The van der Waals surface area contributed by atoms with Crippen molar-refractivity contribution in [2.75, 3.05) is 20.1 Å². The van der Waals surface area contributed by atoms with Crippen LogP contribution in [0.1, 0.15) is 52.9 Å². The van der Waals surface area contributed by atoms with Crippen LogP contribution in [0.5, 0.6) is 0 Å². The van der Waals surface area contributed by atoms with Crippen molar-refractivity contribution in [3.8, 4) is 0 Å². The van der Waals surface area contributed by atoms with Crippen molar-refractivity contribution >= 4 is 0 Å². The Kier molecular flexibility index (Phi) is 6.37. The van der Waals surface area contributed by atoms with E-state index in [0.29, 0.717) is 6.04 Å². The Morgan fingerprint density at radius 2 is 1.81 bits per heavy atom. The van der Waals surface area contributed by atoms with Gasteiger partial charge in [0.15, 0.2) is 0 Å². The number of nitrogens with one attached hydrogen (secondary N) is 1. The van der Waals surface area contributed by atoms with E-state index in [2.05, 4.69) is 38.0 Å². The predicted molar refractivity (Wildman–Crippen MR) is 71.8 cm³/mol. The van der Waals surface area contributed by atoms with Crippen molar-refractivity contribution in [3.05, 3.63) is 0 Å². The van der Waals surface area contributed by atoms with Crippen molar-refractivity contribution in [2.24, 2.45) is 5.92 Å². The molecule has 1 rings (SSSR count). The van der Waals surface area contributed by atoms with Crippen LogP contribution in [0.25, 0.3) is 0 Å². The van der Waals surface area contributed by atoms with Crippen LogP contribution in [-0.2, 0) is 0 Å². The van der Waals surface area contributed by atoms with Crippen molar-refractivity contribution < 1.29 is 0 Å². The van der Waals surface area contributed by atoms with Crippen molar-refractivity contribution in [1.29, 1.82) is 0 Å². The SMILES string of the molecule is CCNC(CN(C)C1CCCCC1)C(C)C. The highest BCUT2D eigenvalue weighted by Crippen LogP contribution is 2.22. The molecule has 0 amide bonds. The zero-order valence-electron chi connectivity index (χ0n) is 11.6. The molecule has 1 aliphatic carbocycles. The first kappa shape index (κ1) is 14.0. The van der Waals surface area contributed by atoms with Crippen LogP contribution in [-0.4, -0.2) is 37.1 Å². The van der Waals surface area contributed by atoms with Crippen molar-refractivity contribution in [3.63, 3.8) is 0 Å². The minimum absolute atomic E-state index is 0.650. The lowest BCUT2D eigenvalue weighted by Gasteiger charge is -2.35. The van der Waals surface area contributed by atoms with Gasteiger partial charge in [-0.15, -0.1) is 0 Å². The molecule has 2 heteroatoms. The predicted octanol–water partition coefficient (Wildman–Crippen LogP) is 2.89. The molecule has 1 N–H and O–H groups in total.